The molecule has 0 saturated carbocycles. The molecule has 162 valence electrons. The van der Waals surface area contributed by atoms with E-state index in [-0.39, 0.29) is 5.91 Å². The van der Waals surface area contributed by atoms with Crippen molar-refractivity contribution in [2.45, 2.75) is 31.8 Å². The van der Waals surface area contributed by atoms with Crippen molar-refractivity contribution in [3.05, 3.63) is 113 Å². The molecule has 6 heteroatoms. The number of carbonyl (C=O) groups is 1. The average molecular weight is 444 g/mol. The van der Waals surface area contributed by atoms with E-state index in [9.17, 15) is 4.79 Å². The molecule has 0 aliphatic rings. The molecule has 0 aliphatic carbocycles. The van der Waals surface area contributed by atoms with Gasteiger partial charge < -0.3 is 5.73 Å². The van der Waals surface area contributed by atoms with E-state index >= 15 is 0 Å². The number of thiazole rings is 1. The van der Waals surface area contributed by atoms with Crippen LogP contribution in [0.2, 0.25) is 0 Å². The van der Waals surface area contributed by atoms with Crippen molar-refractivity contribution < 1.29 is 9.36 Å². The van der Waals surface area contributed by atoms with Crippen LogP contribution in [-0.4, -0.2) is 15.5 Å². The van der Waals surface area contributed by atoms with Gasteiger partial charge in [-0.3, -0.25) is 4.79 Å². The van der Waals surface area contributed by atoms with E-state index in [1.165, 1.54) is 0 Å². The van der Waals surface area contributed by atoms with E-state index in [1.807, 2.05) is 78.3 Å². The minimum atomic E-state index is -0.894. The second-order valence-corrected chi connectivity index (χ2v) is 8.64. The van der Waals surface area contributed by atoms with Crippen LogP contribution in [0.1, 0.15) is 28.4 Å². The van der Waals surface area contributed by atoms with Crippen LogP contribution in [0.5, 0.6) is 0 Å². The molecule has 2 N–H and O–H groups in total. The molecule has 0 radical (unpaired) electrons. The number of nitrogens with two attached hydrogens (primary N) is 1. The fraction of sp³-hybridized carbons (Fsp3) is 0.192. The van der Waals surface area contributed by atoms with Crippen molar-refractivity contribution in [1.29, 1.82) is 0 Å². The van der Waals surface area contributed by atoms with Crippen LogP contribution in [0.25, 0.3) is 6.08 Å². The van der Waals surface area contributed by atoms with Gasteiger partial charge in [-0.05, 0) is 23.3 Å². The summed E-state index contributed by atoms with van der Waals surface area (Å²) in [5.41, 5.74) is 7.03. The fourth-order valence-corrected chi connectivity index (χ4v) is 4.71. The Labute approximate surface area is 192 Å². The number of aromatic nitrogens is 3. The normalized spacial score (nSPS) is 11.8. The summed E-state index contributed by atoms with van der Waals surface area (Å²) in [7, 11) is 0. The Kier molecular flexibility index (Phi) is 6.61. The lowest BCUT2D eigenvalue weighted by Crippen LogP contribution is -2.43. The number of allylic oxidation sites excluding steroid dienone is 1. The third-order valence-corrected chi connectivity index (χ3v) is 6.69. The first kappa shape index (κ1) is 21.7. The molecule has 4 aromatic rings. The SMILES string of the molecule is Cc1n(CCC(C(N)=O)(c2ccccc2)c2ccccc2)cc[n+]1C/C=C/c1nccs1. The van der Waals surface area contributed by atoms with Gasteiger partial charge in [0, 0.05) is 24.9 Å². The standard InChI is InChI=1S/C26H26N4OS/c1-21-29(16-8-13-24-28-15-20-32-24)18-19-30(21)17-14-26(25(27)31,22-9-4-2-5-10-22)23-11-6-3-7-12-23/h2-13,15,18-20H,14,16-17H2,1H3,(H-,27,31)/p+1/b13-8+. The zero-order chi connectivity index (χ0) is 22.4. The molecule has 0 spiro atoms. The summed E-state index contributed by atoms with van der Waals surface area (Å²) in [6.07, 6.45) is 10.7. The van der Waals surface area contributed by atoms with Crippen LogP contribution in [0.3, 0.4) is 0 Å². The van der Waals surface area contributed by atoms with Gasteiger partial charge in [-0.15, -0.1) is 11.3 Å². The van der Waals surface area contributed by atoms with E-state index in [0.29, 0.717) is 13.0 Å². The summed E-state index contributed by atoms with van der Waals surface area (Å²) < 4.78 is 4.36. The third-order valence-electron chi connectivity index (χ3n) is 5.95. The molecule has 2 heterocycles. The highest BCUT2D eigenvalue weighted by Gasteiger charge is 2.40. The Balaban J connectivity index is 1.59. The average Bonchev–Trinajstić information content (AvgIpc) is 3.46. The molecule has 0 fully saturated rings. The van der Waals surface area contributed by atoms with Crippen LogP contribution in [0, 0.1) is 6.92 Å². The Morgan fingerprint density at radius 1 is 1.12 bits per heavy atom. The molecule has 32 heavy (non-hydrogen) atoms. The molecule has 5 nitrogen and oxygen atoms in total. The Morgan fingerprint density at radius 3 is 2.34 bits per heavy atom. The van der Waals surface area contributed by atoms with Gasteiger partial charge >= 0.3 is 0 Å². The monoisotopic (exact) mass is 443 g/mol. The van der Waals surface area contributed by atoms with Crippen LogP contribution < -0.4 is 10.3 Å². The van der Waals surface area contributed by atoms with E-state index in [4.69, 9.17) is 5.73 Å². The number of amides is 1. The minimum absolute atomic E-state index is 0.334. The molecule has 4 rings (SSSR count). The summed E-state index contributed by atoms with van der Waals surface area (Å²) in [5, 5.41) is 2.97. The van der Waals surface area contributed by atoms with Crippen molar-refractivity contribution in [2.24, 2.45) is 5.73 Å². The van der Waals surface area contributed by atoms with Crippen molar-refractivity contribution in [2.75, 3.05) is 0 Å². The third kappa shape index (κ3) is 4.41. The Morgan fingerprint density at radius 2 is 1.78 bits per heavy atom. The first-order chi connectivity index (χ1) is 15.6. The molecule has 0 aliphatic heterocycles. The molecule has 0 atom stereocenters. The van der Waals surface area contributed by atoms with Crippen LogP contribution in [0.15, 0.2) is 90.7 Å². The largest absolute Gasteiger partial charge is 0.369 e. The van der Waals surface area contributed by atoms with Crippen LogP contribution in [0.4, 0.5) is 0 Å². The first-order valence-corrected chi connectivity index (χ1v) is 11.5. The summed E-state index contributed by atoms with van der Waals surface area (Å²) in [5.74, 6) is 0.784. The van der Waals surface area contributed by atoms with Gasteiger partial charge in [0.1, 0.15) is 29.4 Å². The second-order valence-electron chi connectivity index (χ2n) is 7.72. The zero-order valence-electron chi connectivity index (χ0n) is 18.1. The molecule has 0 bridgehead atoms. The van der Waals surface area contributed by atoms with Gasteiger partial charge in [-0.2, -0.15) is 0 Å². The van der Waals surface area contributed by atoms with E-state index < -0.39 is 5.41 Å². The quantitative estimate of drug-likeness (QED) is 0.396. The number of imidazole rings is 1. The number of hydrogen-bond acceptors (Lipinski definition) is 3. The lowest BCUT2D eigenvalue weighted by molar-refractivity contribution is -0.692. The predicted molar refractivity (Wildman–Crippen MR) is 128 cm³/mol. The predicted octanol–water partition coefficient (Wildman–Crippen LogP) is 4.12. The smallest absolute Gasteiger partial charge is 0.253 e. The first-order valence-electron chi connectivity index (χ1n) is 10.6. The van der Waals surface area contributed by atoms with Crippen LogP contribution >= 0.6 is 11.3 Å². The number of nitrogens with zero attached hydrogens (tertiary/aromatic N) is 3. The van der Waals surface area contributed by atoms with Gasteiger partial charge in [0.15, 0.2) is 0 Å². The maximum atomic E-state index is 13.0. The maximum absolute atomic E-state index is 13.0. The highest BCUT2D eigenvalue weighted by atomic mass is 32.1. The van der Waals surface area contributed by atoms with Gasteiger partial charge in [0.25, 0.3) is 5.82 Å². The fourth-order valence-electron chi connectivity index (χ4n) is 4.15. The molecule has 2 aromatic carbocycles. The second kappa shape index (κ2) is 9.75. The minimum Gasteiger partial charge on any atom is -0.369 e. The molecular formula is C26H27N4OS+. The molecular weight excluding hydrogens is 416 g/mol. The van der Waals surface area contributed by atoms with Gasteiger partial charge in [-0.25, -0.2) is 14.1 Å². The summed E-state index contributed by atoms with van der Waals surface area (Å²) in [6, 6.07) is 19.7. The Bertz CT molecular complexity index is 1140. The summed E-state index contributed by atoms with van der Waals surface area (Å²) in [4.78, 5) is 17.3. The van der Waals surface area contributed by atoms with Crippen LogP contribution in [-0.2, 0) is 23.3 Å². The molecule has 2 aromatic heterocycles. The molecule has 0 saturated heterocycles. The van der Waals surface area contributed by atoms with E-state index in [0.717, 1.165) is 28.5 Å². The zero-order valence-corrected chi connectivity index (χ0v) is 18.9. The molecule has 1 amide bonds. The Hall–Kier alpha value is -3.51. The van der Waals surface area contributed by atoms with Gasteiger partial charge in [-0.1, -0.05) is 60.7 Å². The lowest BCUT2D eigenvalue weighted by atomic mass is 9.71. The summed E-state index contributed by atoms with van der Waals surface area (Å²) >= 11 is 1.62. The van der Waals surface area contributed by atoms with E-state index in [2.05, 4.69) is 39.5 Å². The number of benzene rings is 2. The number of rotatable bonds is 9. The van der Waals surface area contributed by atoms with Crippen molar-refractivity contribution in [3.63, 3.8) is 0 Å². The van der Waals surface area contributed by atoms with Gasteiger partial charge in [0.2, 0.25) is 5.91 Å². The number of primary amides is 1. The highest BCUT2D eigenvalue weighted by molar-refractivity contribution is 7.10. The summed E-state index contributed by atoms with van der Waals surface area (Å²) in [6.45, 7) is 3.52. The number of aryl methyl sites for hydroxylation is 1. The lowest BCUT2D eigenvalue weighted by Gasteiger charge is -2.31. The number of carbonyl (C=O) groups excluding carboxylic acids is 1. The van der Waals surface area contributed by atoms with Gasteiger partial charge in [0.05, 0.1) is 6.54 Å². The van der Waals surface area contributed by atoms with E-state index in [1.54, 1.807) is 11.3 Å². The van der Waals surface area contributed by atoms with Crippen molar-refractivity contribution in [3.8, 4) is 0 Å². The molecule has 0 unspecified atom stereocenters. The number of hydrogen-bond donors (Lipinski definition) is 1. The highest BCUT2D eigenvalue weighted by Crippen LogP contribution is 2.36. The van der Waals surface area contributed by atoms with Crippen molar-refractivity contribution in [1.82, 2.24) is 9.55 Å². The van der Waals surface area contributed by atoms with Crippen molar-refractivity contribution >= 4 is 23.3 Å². The topological polar surface area (TPSA) is 64.8 Å². The maximum Gasteiger partial charge on any atom is 0.253 e.